The molecule has 0 aromatic carbocycles. The number of nitrogens with one attached hydrogen (secondary N) is 2. The maximum absolute atomic E-state index is 11.7. The predicted octanol–water partition coefficient (Wildman–Crippen LogP) is 4.79. The Hall–Kier alpha value is -2.64. The first-order valence-corrected chi connectivity index (χ1v) is 12.3. The zero-order valence-electron chi connectivity index (χ0n) is 22.4. The number of hydrogen-bond acceptors (Lipinski definition) is 6. The van der Waals surface area contributed by atoms with E-state index in [1.165, 1.54) is 0 Å². The quantitative estimate of drug-likeness (QED) is 0.186. The van der Waals surface area contributed by atoms with Crippen molar-refractivity contribution in [2.24, 2.45) is 11.8 Å². The van der Waals surface area contributed by atoms with E-state index in [9.17, 15) is 19.2 Å². The largest absolute Gasteiger partial charge is 0.461 e. The van der Waals surface area contributed by atoms with E-state index < -0.39 is 11.9 Å². The average Bonchev–Trinajstić information content (AvgIpc) is 2.82. The molecule has 0 radical (unpaired) electrons. The molecule has 0 bridgehead atoms. The Morgan fingerprint density at radius 2 is 1.03 bits per heavy atom. The molecular weight excluding hydrogens is 436 g/mol. The van der Waals surface area contributed by atoms with Crippen LogP contribution in [0.5, 0.6) is 0 Å². The van der Waals surface area contributed by atoms with Gasteiger partial charge in [-0.1, -0.05) is 53.4 Å². The second-order valence-corrected chi connectivity index (χ2v) is 8.17. The van der Waals surface area contributed by atoms with Crippen LogP contribution in [0.1, 0.15) is 93.9 Å². The first-order valence-electron chi connectivity index (χ1n) is 12.3. The number of amides is 2. The molecule has 0 aromatic rings. The lowest BCUT2D eigenvalue weighted by Crippen LogP contribution is -2.24. The summed E-state index contributed by atoms with van der Waals surface area (Å²) in [5.74, 6) is -0.385. The zero-order valence-corrected chi connectivity index (χ0v) is 22.4. The van der Waals surface area contributed by atoms with E-state index in [2.05, 4.69) is 38.3 Å². The molecule has 0 heterocycles. The molecule has 34 heavy (non-hydrogen) atoms. The van der Waals surface area contributed by atoms with Gasteiger partial charge >= 0.3 is 11.9 Å². The minimum atomic E-state index is -0.458. The van der Waals surface area contributed by atoms with Gasteiger partial charge in [-0.2, -0.15) is 0 Å². The number of ether oxygens (including phenoxy) is 2. The number of carbonyl (C=O) groups is 4. The van der Waals surface area contributed by atoms with Gasteiger partial charge in [0.25, 0.3) is 0 Å². The summed E-state index contributed by atoms with van der Waals surface area (Å²) in [6.45, 7) is 16.2. The third kappa shape index (κ3) is 13.8. The summed E-state index contributed by atoms with van der Waals surface area (Å²) in [5.41, 5.74) is 2.32. The van der Waals surface area contributed by atoms with Gasteiger partial charge in [0, 0.05) is 0 Å². The molecule has 8 heteroatoms. The van der Waals surface area contributed by atoms with Crippen LogP contribution in [0.4, 0.5) is 0 Å². The fourth-order valence-corrected chi connectivity index (χ4v) is 3.14. The van der Waals surface area contributed by atoms with E-state index in [1.807, 2.05) is 13.8 Å². The van der Waals surface area contributed by atoms with Crippen LogP contribution in [-0.4, -0.2) is 38.0 Å². The lowest BCUT2D eigenvalue weighted by molar-refractivity contribution is -0.140. The Morgan fingerprint density at radius 3 is 1.26 bits per heavy atom. The van der Waals surface area contributed by atoms with Crippen LogP contribution in [0.2, 0.25) is 0 Å². The molecule has 0 aliphatic rings. The minimum absolute atomic E-state index is 0.266. The molecule has 0 rings (SSSR count). The van der Waals surface area contributed by atoms with Crippen molar-refractivity contribution in [3.63, 3.8) is 0 Å². The molecule has 2 amide bonds. The normalized spacial score (nSPS) is 13.6. The summed E-state index contributed by atoms with van der Waals surface area (Å²) in [6.07, 6.45) is 7.49. The number of rotatable bonds is 16. The van der Waals surface area contributed by atoms with Gasteiger partial charge < -0.3 is 20.1 Å². The number of unbranched alkanes of at least 4 members (excludes halogenated alkanes) is 2. The highest BCUT2D eigenvalue weighted by molar-refractivity contribution is 5.91. The zero-order chi connectivity index (χ0) is 26.5. The van der Waals surface area contributed by atoms with E-state index >= 15 is 0 Å². The van der Waals surface area contributed by atoms with Crippen molar-refractivity contribution >= 4 is 24.8 Å². The highest BCUT2D eigenvalue weighted by Gasteiger charge is 2.18. The molecule has 2 N–H and O–H groups in total. The lowest BCUT2D eigenvalue weighted by atomic mass is 9.95. The third-order valence-electron chi connectivity index (χ3n) is 5.61. The predicted molar refractivity (Wildman–Crippen MR) is 134 cm³/mol. The number of hydrogen-bond donors (Lipinski definition) is 2. The molecule has 0 saturated heterocycles. The van der Waals surface area contributed by atoms with Crippen molar-refractivity contribution in [1.82, 2.24) is 10.6 Å². The smallest absolute Gasteiger partial charge is 0.354 e. The molecule has 0 saturated carbocycles. The Labute approximate surface area is 205 Å². The van der Waals surface area contributed by atoms with Gasteiger partial charge in [-0.3, -0.25) is 9.59 Å². The van der Waals surface area contributed by atoms with Crippen molar-refractivity contribution in [2.45, 2.75) is 93.9 Å². The summed E-state index contributed by atoms with van der Waals surface area (Å²) in [5, 5.41) is 4.90. The van der Waals surface area contributed by atoms with Gasteiger partial charge in [-0.05, 0) is 63.5 Å². The maximum Gasteiger partial charge on any atom is 0.354 e. The first kappa shape index (κ1) is 33.5. The van der Waals surface area contributed by atoms with Crippen LogP contribution in [0.3, 0.4) is 0 Å². The highest BCUT2D eigenvalue weighted by atomic mass is 16.5. The fraction of sp³-hybridized carbons (Fsp3) is 0.692. The Morgan fingerprint density at radius 1 is 0.706 bits per heavy atom. The van der Waals surface area contributed by atoms with Crippen molar-refractivity contribution in [3.8, 4) is 0 Å². The Bertz CT molecular complexity index is 627. The van der Waals surface area contributed by atoms with Crippen LogP contribution in [0, 0.1) is 11.8 Å². The van der Waals surface area contributed by atoms with Gasteiger partial charge in [-0.15, -0.1) is 0 Å². The third-order valence-corrected chi connectivity index (χ3v) is 5.61. The Kier molecular flexibility index (Phi) is 20.6. The molecular formula is C26H46N2O6. The molecule has 8 nitrogen and oxygen atoms in total. The molecule has 0 aliphatic carbocycles. The topological polar surface area (TPSA) is 111 Å². The lowest BCUT2D eigenvalue weighted by Gasteiger charge is -2.16. The molecule has 196 valence electrons. The molecule has 0 spiro atoms. The van der Waals surface area contributed by atoms with E-state index in [4.69, 9.17) is 9.47 Å². The van der Waals surface area contributed by atoms with Gasteiger partial charge in [0.15, 0.2) is 0 Å². The van der Waals surface area contributed by atoms with Crippen LogP contribution >= 0.6 is 0 Å². The van der Waals surface area contributed by atoms with Crippen LogP contribution in [0.15, 0.2) is 22.5 Å². The summed E-state index contributed by atoms with van der Waals surface area (Å²) in [4.78, 5) is 44.3. The number of allylic oxidation sites excluding steroid dienone is 2. The van der Waals surface area contributed by atoms with E-state index in [1.54, 1.807) is 13.8 Å². The highest BCUT2D eigenvalue weighted by Crippen LogP contribution is 2.21. The number of carbonyl (C=O) groups excluding carboxylic acids is 4. The molecule has 0 aromatic heterocycles. The van der Waals surface area contributed by atoms with Gasteiger partial charge in [0.1, 0.15) is 11.4 Å². The van der Waals surface area contributed by atoms with Crippen LogP contribution < -0.4 is 10.6 Å². The van der Waals surface area contributed by atoms with Crippen LogP contribution in [-0.2, 0) is 28.7 Å². The standard InChI is InChI=1S/2C13H23NO3/c2*1-5-7-8-10(3)11(4)12(14-9-15)13(16)17-6-2/h2*9-10H,5-8H2,1-4H3,(H,14,15)/b12-11+;12-11-/t2*10-/m00/s1. The first-order chi connectivity index (χ1) is 16.2. The molecule has 0 fully saturated rings. The van der Waals surface area contributed by atoms with Crippen molar-refractivity contribution < 1.29 is 28.7 Å². The second-order valence-electron chi connectivity index (χ2n) is 8.17. The minimum Gasteiger partial charge on any atom is -0.461 e. The van der Waals surface area contributed by atoms with E-state index in [0.29, 0.717) is 26.0 Å². The summed E-state index contributed by atoms with van der Waals surface area (Å²) in [6, 6.07) is 0. The van der Waals surface area contributed by atoms with Gasteiger partial charge in [0.05, 0.1) is 13.2 Å². The van der Waals surface area contributed by atoms with E-state index in [-0.39, 0.29) is 23.2 Å². The molecule has 0 aliphatic heterocycles. The van der Waals surface area contributed by atoms with Crippen LogP contribution in [0.25, 0.3) is 0 Å². The summed E-state index contributed by atoms with van der Waals surface area (Å²) in [7, 11) is 0. The van der Waals surface area contributed by atoms with Crippen molar-refractivity contribution in [3.05, 3.63) is 22.5 Å². The van der Waals surface area contributed by atoms with Gasteiger partial charge in [-0.25, -0.2) is 9.59 Å². The SMILES string of the molecule is CCCC[C@H](C)/C(C)=C(/NC=O)C(=O)OCC.CCCC[C@H](C)/C(C)=C(\NC=O)C(=O)OCC. The van der Waals surface area contributed by atoms with Crippen molar-refractivity contribution in [1.29, 1.82) is 0 Å². The fourth-order valence-electron chi connectivity index (χ4n) is 3.14. The maximum atomic E-state index is 11.7. The second kappa shape index (κ2) is 20.9. The summed E-state index contributed by atoms with van der Waals surface area (Å²) < 4.78 is 9.83. The molecule has 2 atom stereocenters. The molecule has 0 unspecified atom stereocenters. The average molecular weight is 483 g/mol. The van der Waals surface area contributed by atoms with Gasteiger partial charge in [0.2, 0.25) is 12.8 Å². The summed E-state index contributed by atoms with van der Waals surface area (Å²) >= 11 is 0. The van der Waals surface area contributed by atoms with E-state index in [0.717, 1.165) is 49.7 Å². The van der Waals surface area contributed by atoms with Crippen molar-refractivity contribution in [2.75, 3.05) is 13.2 Å². The number of esters is 2. The monoisotopic (exact) mass is 482 g/mol. The Balaban J connectivity index is 0.